The molecule has 0 aliphatic rings. The molecule has 4 aromatic rings. The van der Waals surface area contributed by atoms with E-state index in [0.29, 0.717) is 15.4 Å². The lowest BCUT2D eigenvalue weighted by molar-refractivity contribution is 0.0528. The van der Waals surface area contributed by atoms with Gasteiger partial charge >= 0.3 is 5.97 Å². The summed E-state index contributed by atoms with van der Waals surface area (Å²) in [4.78, 5) is 27.5. The summed E-state index contributed by atoms with van der Waals surface area (Å²) in [5, 5.41) is 4.65. The van der Waals surface area contributed by atoms with Crippen molar-refractivity contribution in [1.29, 1.82) is 0 Å². The average Bonchev–Trinajstić information content (AvgIpc) is 3.37. The fraction of sp³-hybridized carbons (Fsp3) is 0.200. The molecule has 2 heterocycles. The van der Waals surface area contributed by atoms with Crippen molar-refractivity contribution >= 4 is 49.6 Å². The van der Waals surface area contributed by atoms with Crippen molar-refractivity contribution in [2.24, 2.45) is 0 Å². The molecule has 1 amide bonds. The highest BCUT2D eigenvalue weighted by Gasteiger charge is 2.23. The molecule has 2 aromatic heterocycles. The minimum Gasteiger partial charge on any atom is -0.462 e. The molecule has 0 radical (unpaired) electrons. The zero-order valence-corrected chi connectivity index (χ0v) is 19.1. The van der Waals surface area contributed by atoms with Crippen LogP contribution in [0.15, 0.2) is 60.7 Å². The number of hydrogen-bond donors (Lipinski definition) is 1. The minimum absolute atomic E-state index is 0.184. The van der Waals surface area contributed by atoms with Crippen LogP contribution in [0.2, 0.25) is 0 Å². The summed E-state index contributed by atoms with van der Waals surface area (Å²) < 4.78 is 6.33. The molecular formula is C25H23NO3S2. The number of carbonyl (C=O) groups excluding carboxylic acids is 2. The molecule has 0 aliphatic heterocycles. The van der Waals surface area contributed by atoms with Gasteiger partial charge in [-0.15, -0.1) is 22.7 Å². The highest BCUT2D eigenvalue weighted by Crippen LogP contribution is 2.38. The summed E-state index contributed by atoms with van der Waals surface area (Å²) in [7, 11) is 0. The Kier molecular flexibility index (Phi) is 6.49. The third-order valence-electron chi connectivity index (χ3n) is 4.92. The van der Waals surface area contributed by atoms with Gasteiger partial charge in [0.2, 0.25) is 0 Å². The first-order chi connectivity index (χ1) is 15.1. The molecule has 31 heavy (non-hydrogen) atoms. The number of ether oxygens (including phenoxy) is 1. The zero-order valence-electron chi connectivity index (χ0n) is 17.4. The topological polar surface area (TPSA) is 55.4 Å². The summed E-state index contributed by atoms with van der Waals surface area (Å²) in [6.45, 7) is 4.16. The monoisotopic (exact) mass is 449 g/mol. The number of aryl methyl sites for hydroxylation is 1. The van der Waals surface area contributed by atoms with Gasteiger partial charge in [-0.25, -0.2) is 4.79 Å². The van der Waals surface area contributed by atoms with Crippen LogP contribution in [0.5, 0.6) is 0 Å². The van der Waals surface area contributed by atoms with Crippen LogP contribution in [-0.2, 0) is 11.2 Å². The van der Waals surface area contributed by atoms with Gasteiger partial charge in [0.15, 0.2) is 0 Å². The van der Waals surface area contributed by atoms with Gasteiger partial charge in [-0.2, -0.15) is 0 Å². The van der Waals surface area contributed by atoms with E-state index in [1.165, 1.54) is 22.7 Å². The summed E-state index contributed by atoms with van der Waals surface area (Å²) >= 11 is 2.88. The molecule has 0 unspecified atom stereocenters. The lowest BCUT2D eigenvalue weighted by Gasteiger charge is -2.07. The number of hydrogen-bond acceptors (Lipinski definition) is 5. The maximum absolute atomic E-state index is 13.3. The van der Waals surface area contributed by atoms with E-state index in [9.17, 15) is 9.59 Å². The summed E-state index contributed by atoms with van der Waals surface area (Å²) in [5.41, 5.74) is 2.45. The van der Waals surface area contributed by atoms with Crippen molar-refractivity contribution in [3.05, 3.63) is 76.7 Å². The largest absolute Gasteiger partial charge is 0.462 e. The second kappa shape index (κ2) is 9.45. The quantitative estimate of drug-likeness (QED) is 0.309. The Morgan fingerprint density at radius 2 is 1.71 bits per heavy atom. The van der Waals surface area contributed by atoms with Gasteiger partial charge in [0.1, 0.15) is 5.00 Å². The standard InChI is InChI=1S/C25H23NO3S2/c1-3-10-18-17-13-8-9-14-20(17)30-22(18)23(27)26-24-19(25(28)29-4-2)15-21(31-24)16-11-6-5-7-12-16/h5-9,11-15H,3-4,10H2,1-2H3,(H,26,27). The number of amides is 1. The zero-order chi connectivity index (χ0) is 21.8. The molecule has 0 aliphatic carbocycles. The highest BCUT2D eigenvalue weighted by atomic mass is 32.1. The molecule has 4 rings (SSSR count). The van der Waals surface area contributed by atoms with Crippen molar-refractivity contribution in [2.75, 3.05) is 11.9 Å². The first-order valence-corrected chi connectivity index (χ1v) is 11.9. The van der Waals surface area contributed by atoms with Crippen molar-refractivity contribution < 1.29 is 14.3 Å². The van der Waals surface area contributed by atoms with Gasteiger partial charge in [0, 0.05) is 9.58 Å². The molecule has 0 bridgehead atoms. The second-order valence-corrected chi connectivity index (χ2v) is 9.15. The molecule has 6 heteroatoms. The average molecular weight is 450 g/mol. The number of carbonyl (C=O) groups is 2. The summed E-state index contributed by atoms with van der Waals surface area (Å²) in [6.07, 6.45) is 1.78. The first kappa shape index (κ1) is 21.3. The molecule has 0 saturated heterocycles. The Morgan fingerprint density at radius 3 is 2.45 bits per heavy atom. The minimum atomic E-state index is -0.429. The van der Waals surface area contributed by atoms with Crippen LogP contribution >= 0.6 is 22.7 Å². The van der Waals surface area contributed by atoms with Crippen LogP contribution in [0.4, 0.5) is 5.00 Å². The number of nitrogens with one attached hydrogen (secondary N) is 1. The smallest absolute Gasteiger partial charge is 0.341 e. The van der Waals surface area contributed by atoms with E-state index in [2.05, 4.69) is 18.3 Å². The van der Waals surface area contributed by atoms with Crippen LogP contribution in [0, 0.1) is 0 Å². The van der Waals surface area contributed by atoms with Gasteiger partial charge < -0.3 is 10.1 Å². The van der Waals surface area contributed by atoms with Crippen LogP contribution in [0.1, 0.15) is 45.9 Å². The Bertz CT molecular complexity index is 1220. The van der Waals surface area contributed by atoms with E-state index in [4.69, 9.17) is 4.74 Å². The van der Waals surface area contributed by atoms with Gasteiger partial charge in [-0.1, -0.05) is 61.9 Å². The van der Waals surface area contributed by atoms with Crippen LogP contribution in [0.25, 0.3) is 20.5 Å². The Balaban J connectivity index is 1.72. The number of fused-ring (bicyclic) bond motifs is 1. The lowest BCUT2D eigenvalue weighted by atomic mass is 10.1. The van der Waals surface area contributed by atoms with Gasteiger partial charge in [-0.05, 0) is 42.0 Å². The first-order valence-electron chi connectivity index (χ1n) is 10.3. The fourth-order valence-electron chi connectivity index (χ4n) is 3.53. The van der Waals surface area contributed by atoms with E-state index in [-0.39, 0.29) is 12.5 Å². The molecule has 0 spiro atoms. The normalized spacial score (nSPS) is 10.9. The Morgan fingerprint density at radius 1 is 0.968 bits per heavy atom. The number of thiophene rings is 2. The van der Waals surface area contributed by atoms with Crippen molar-refractivity contribution in [3.8, 4) is 10.4 Å². The van der Waals surface area contributed by atoms with Crippen molar-refractivity contribution in [3.63, 3.8) is 0 Å². The molecule has 0 atom stereocenters. The third kappa shape index (κ3) is 4.40. The maximum atomic E-state index is 13.3. The fourth-order valence-corrected chi connectivity index (χ4v) is 5.72. The second-order valence-electron chi connectivity index (χ2n) is 7.05. The predicted octanol–water partition coefficient (Wildman–Crippen LogP) is 7.01. The van der Waals surface area contributed by atoms with E-state index in [1.807, 2.05) is 48.5 Å². The molecule has 1 N–H and O–H groups in total. The third-order valence-corrected chi connectivity index (χ3v) is 7.23. The van der Waals surface area contributed by atoms with Gasteiger partial charge in [-0.3, -0.25) is 4.79 Å². The van der Waals surface area contributed by atoms with Crippen LogP contribution in [0.3, 0.4) is 0 Å². The van der Waals surface area contributed by atoms with E-state index < -0.39 is 5.97 Å². The lowest BCUT2D eigenvalue weighted by Crippen LogP contribution is -2.14. The Hall–Kier alpha value is -2.96. The molecule has 158 valence electrons. The van der Waals surface area contributed by atoms with E-state index in [1.54, 1.807) is 13.0 Å². The highest BCUT2D eigenvalue weighted by molar-refractivity contribution is 7.22. The van der Waals surface area contributed by atoms with Gasteiger partial charge in [0.05, 0.1) is 17.0 Å². The number of rotatable bonds is 7. The molecule has 4 nitrogen and oxygen atoms in total. The SMILES string of the molecule is CCCc1c(C(=O)Nc2sc(-c3ccccc3)cc2C(=O)OCC)sc2ccccc12. The molecule has 0 saturated carbocycles. The predicted molar refractivity (Wildman–Crippen MR) is 129 cm³/mol. The number of anilines is 1. The molecular weight excluding hydrogens is 426 g/mol. The molecule has 2 aromatic carbocycles. The molecule has 0 fully saturated rings. The number of benzene rings is 2. The van der Waals surface area contributed by atoms with Crippen LogP contribution < -0.4 is 5.32 Å². The van der Waals surface area contributed by atoms with Gasteiger partial charge in [0.25, 0.3) is 5.91 Å². The van der Waals surface area contributed by atoms with E-state index >= 15 is 0 Å². The van der Waals surface area contributed by atoms with Crippen molar-refractivity contribution in [1.82, 2.24) is 0 Å². The summed E-state index contributed by atoms with van der Waals surface area (Å²) in [5.74, 6) is -0.613. The van der Waals surface area contributed by atoms with Crippen molar-refractivity contribution in [2.45, 2.75) is 26.7 Å². The summed E-state index contributed by atoms with van der Waals surface area (Å²) in [6, 6.07) is 19.7. The maximum Gasteiger partial charge on any atom is 0.341 e. The number of esters is 1. The Labute approximate surface area is 189 Å². The van der Waals surface area contributed by atoms with Crippen LogP contribution in [-0.4, -0.2) is 18.5 Å². The van der Waals surface area contributed by atoms with E-state index in [0.717, 1.165) is 38.9 Å².